The van der Waals surface area contributed by atoms with E-state index < -0.39 is 0 Å². The molecule has 0 saturated heterocycles. The molecule has 13 heavy (non-hydrogen) atoms. The molecule has 72 valence electrons. The lowest BCUT2D eigenvalue weighted by Gasteiger charge is -2.19. The summed E-state index contributed by atoms with van der Waals surface area (Å²) in [5.41, 5.74) is 0.308. The molecule has 0 aliphatic heterocycles. The average Bonchev–Trinajstić information content (AvgIpc) is 2.62. The maximum absolute atomic E-state index is 9.19. The minimum atomic E-state index is 0.308. The van der Waals surface area contributed by atoms with E-state index in [9.17, 15) is 5.11 Å². The van der Waals surface area contributed by atoms with Crippen molar-refractivity contribution >= 4 is 11.3 Å². The van der Waals surface area contributed by atoms with Gasteiger partial charge in [0.15, 0.2) is 0 Å². The second-order valence-electron chi connectivity index (χ2n) is 4.26. The van der Waals surface area contributed by atoms with Gasteiger partial charge in [0, 0.05) is 16.9 Å². The molecule has 2 unspecified atom stereocenters. The Bertz CT molecular complexity index is 278. The molecule has 1 saturated carbocycles. The third-order valence-corrected chi connectivity index (χ3v) is 4.45. The Morgan fingerprint density at radius 1 is 1.69 bits per heavy atom. The smallest absolute Gasteiger partial charge is 0.0468 e. The maximum atomic E-state index is 9.19. The normalized spacial score (nSPS) is 32.5. The lowest BCUT2D eigenvalue weighted by molar-refractivity contribution is 0.253. The predicted octanol–water partition coefficient (Wildman–Crippen LogP) is 2.65. The van der Waals surface area contributed by atoms with Crippen LogP contribution in [0.5, 0.6) is 0 Å². The van der Waals surface area contributed by atoms with Crippen LogP contribution in [0, 0.1) is 11.8 Å². The Morgan fingerprint density at radius 3 is 2.85 bits per heavy atom. The molecule has 2 atom stereocenters. The highest BCUT2D eigenvalue weighted by atomic mass is 32.1. The van der Waals surface area contributed by atoms with Crippen molar-refractivity contribution < 1.29 is 5.11 Å². The zero-order valence-corrected chi connectivity index (χ0v) is 8.97. The van der Waals surface area contributed by atoms with Crippen LogP contribution in [0.3, 0.4) is 0 Å². The summed E-state index contributed by atoms with van der Waals surface area (Å²) in [5.74, 6) is 1.15. The van der Waals surface area contributed by atoms with E-state index in [1.165, 1.54) is 11.3 Å². The number of rotatable bonds is 3. The minimum Gasteiger partial charge on any atom is -0.396 e. The SMILES string of the molecule is CC(C)C1(c2cccs2)CC1CO. The first-order chi connectivity index (χ1) is 6.21. The minimum absolute atomic E-state index is 0.308. The molecular formula is C11H16OS. The first-order valence-corrected chi connectivity index (χ1v) is 5.74. The Hall–Kier alpha value is -0.340. The van der Waals surface area contributed by atoms with Crippen LogP contribution in [0.2, 0.25) is 0 Å². The molecule has 1 aromatic heterocycles. The molecule has 1 nitrogen and oxygen atoms in total. The molecular weight excluding hydrogens is 180 g/mol. The van der Waals surface area contributed by atoms with E-state index in [0.717, 1.165) is 0 Å². The zero-order valence-electron chi connectivity index (χ0n) is 8.16. The third-order valence-electron chi connectivity index (χ3n) is 3.38. The Labute approximate surface area is 83.4 Å². The molecule has 2 heteroatoms. The lowest BCUT2D eigenvalue weighted by atomic mass is 9.88. The lowest BCUT2D eigenvalue weighted by Crippen LogP contribution is -2.17. The summed E-state index contributed by atoms with van der Waals surface area (Å²) in [7, 11) is 0. The fraction of sp³-hybridized carbons (Fsp3) is 0.636. The summed E-state index contributed by atoms with van der Waals surface area (Å²) in [6, 6.07) is 4.32. The van der Waals surface area contributed by atoms with Crippen molar-refractivity contribution in [2.45, 2.75) is 25.7 Å². The van der Waals surface area contributed by atoms with Crippen molar-refractivity contribution in [3.63, 3.8) is 0 Å². The van der Waals surface area contributed by atoms with Gasteiger partial charge in [-0.05, 0) is 29.7 Å². The molecule has 1 aliphatic carbocycles. The molecule has 2 rings (SSSR count). The van der Waals surface area contributed by atoms with Gasteiger partial charge in [0.2, 0.25) is 0 Å². The van der Waals surface area contributed by atoms with Gasteiger partial charge in [0.25, 0.3) is 0 Å². The quantitative estimate of drug-likeness (QED) is 0.788. The summed E-state index contributed by atoms with van der Waals surface area (Å²) in [6.07, 6.45) is 1.17. The molecule has 1 aromatic rings. The van der Waals surface area contributed by atoms with Crippen LogP contribution in [-0.4, -0.2) is 11.7 Å². The van der Waals surface area contributed by atoms with Gasteiger partial charge in [0.1, 0.15) is 0 Å². The van der Waals surface area contributed by atoms with E-state index in [0.29, 0.717) is 23.9 Å². The first-order valence-electron chi connectivity index (χ1n) is 4.86. The molecule has 1 heterocycles. The van der Waals surface area contributed by atoms with Gasteiger partial charge in [0.05, 0.1) is 0 Å². The summed E-state index contributed by atoms with van der Waals surface area (Å²) in [6.45, 7) is 4.86. The average molecular weight is 196 g/mol. The number of thiophene rings is 1. The second kappa shape index (κ2) is 3.10. The highest BCUT2D eigenvalue weighted by Crippen LogP contribution is 2.59. The van der Waals surface area contributed by atoms with E-state index in [2.05, 4.69) is 31.4 Å². The van der Waals surface area contributed by atoms with E-state index in [1.54, 1.807) is 0 Å². The fourth-order valence-corrected chi connectivity index (χ4v) is 3.58. The van der Waals surface area contributed by atoms with Gasteiger partial charge >= 0.3 is 0 Å². The van der Waals surface area contributed by atoms with Gasteiger partial charge in [-0.3, -0.25) is 0 Å². The van der Waals surface area contributed by atoms with Gasteiger partial charge < -0.3 is 5.11 Å². The van der Waals surface area contributed by atoms with Gasteiger partial charge in [-0.25, -0.2) is 0 Å². The molecule has 1 aliphatic rings. The zero-order chi connectivity index (χ0) is 9.47. The number of aliphatic hydroxyl groups excluding tert-OH is 1. The van der Waals surface area contributed by atoms with E-state index in [1.807, 2.05) is 11.3 Å². The summed E-state index contributed by atoms with van der Waals surface area (Å²) in [4.78, 5) is 1.46. The number of hydrogen-bond acceptors (Lipinski definition) is 2. The first kappa shape index (κ1) is 9.22. The van der Waals surface area contributed by atoms with Crippen molar-refractivity contribution in [2.24, 2.45) is 11.8 Å². The second-order valence-corrected chi connectivity index (χ2v) is 5.20. The monoisotopic (exact) mass is 196 g/mol. The van der Waals surface area contributed by atoms with E-state index >= 15 is 0 Å². The predicted molar refractivity (Wildman–Crippen MR) is 56.0 cm³/mol. The summed E-state index contributed by atoms with van der Waals surface area (Å²) >= 11 is 1.83. The molecule has 1 N–H and O–H groups in total. The van der Waals surface area contributed by atoms with Crippen molar-refractivity contribution in [2.75, 3.05) is 6.61 Å². The number of aliphatic hydroxyl groups is 1. The maximum Gasteiger partial charge on any atom is 0.0468 e. The standard InChI is InChI=1S/C11H16OS/c1-8(2)11(6-9(11)7-12)10-4-3-5-13-10/h3-5,8-9,12H,6-7H2,1-2H3. The molecule has 0 amide bonds. The van der Waals surface area contributed by atoms with Crippen LogP contribution in [0.25, 0.3) is 0 Å². The fourth-order valence-electron chi connectivity index (χ4n) is 2.41. The van der Waals surface area contributed by atoms with E-state index in [4.69, 9.17) is 0 Å². The largest absolute Gasteiger partial charge is 0.396 e. The Kier molecular flexibility index (Phi) is 2.20. The van der Waals surface area contributed by atoms with Crippen molar-refractivity contribution in [3.05, 3.63) is 22.4 Å². The molecule has 0 bridgehead atoms. The third kappa shape index (κ3) is 1.24. The highest BCUT2D eigenvalue weighted by Gasteiger charge is 2.57. The van der Waals surface area contributed by atoms with Gasteiger partial charge in [-0.2, -0.15) is 0 Å². The van der Waals surface area contributed by atoms with Gasteiger partial charge in [-0.15, -0.1) is 11.3 Å². The highest BCUT2D eigenvalue weighted by molar-refractivity contribution is 7.10. The van der Waals surface area contributed by atoms with Gasteiger partial charge in [-0.1, -0.05) is 19.9 Å². The van der Waals surface area contributed by atoms with Crippen molar-refractivity contribution in [1.82, 2.24) is 0 Å². The van der Waals surface area contributed by atoms with Crippen molar-refractivity contribution in [3.8, 4) is 0 Å². The molecule has 0 radical (unpaired) electrons. The summed E-state index contributed by atoms with van der Waals surface area (Å²) in [5, 5.41) is 11.3. The van der Waals surface area contributed by atoms with Crippen LogP contribution in [-0.2, 0) is 5.41 Å². The van der Waals surface area contributed by atoms with Crippen LogP contribution in [0.1, 0.15) is 25.1 Å². The van der Waals surface area contributed by atoms with Crippen LogP contribution >= 0.6 is 11.3 Å². The van der Waals surface area contributed by atoms with Crippen LogP contribution < -0.4 is 0 Å². The topological polar surface area (TPSA) is 20.2 Å². The Morgan fingerprint density at radius 2 is 2.46 bits per heavy atom. The van der Waals surface area contributed by atoms with E-state index in [-0.39, 0.29) is 0 Å². The summed E-state index contributed by atoms with van der Waals surface area (Å²) < 4.78 is 0. The van der Waals surface area contributed by atoms with Crippen LogP contribution in [0.15, 0.2) is 17.5 Å². The number of hydrogen-bond donors (Lipinski definition) is 1. The van der Waals surface area contributed by atoms with Crippen molar-refractivity contribution in [1.29, 1.82) is 0 Å². The van der Waals surface area contributed by atoms with Crippen LogP contribution in [0.4, 0.5) is 0 Å². The molecule has 1 fully saturated rings. The molecule has 0 spiro atoms. The molecule has 0 aromatic carbocycles. The Balaban J connectivity index is 2.28.